The zero-order chi connectivity index (χ0) is 51.5. The van der Waals surface area contributed by atoms with Gasteiger partial charge in [0.1, 0.15) is 36.2 Å². The minimum absolute atomic E-state index is 0. The first-order valence-electron chi connectivity index (χ1n) is 27.5. The van der Waals surface area contributed by atoms with Crippen molar-refractivity contribution in [3.05, 3.63) is 156 Å². The number of phenols is 1. The van der Waals surface area contributed by atoms with E-state index in [0.717, 1.165) is 73.5 Å². The molecule has 0 atom stereocenters. The van der Waals surface area contributed by atoms with E-state index in [1.54, 1.807) is 6.07 Å². The van der Waals surface area contributed by atoms with Gasteiger partial charge in [-0.1, -0.05) is 102 Å². The van der Waals surface area contributed by atoms with Crippen molar-refractivity contribution < 1.29 is 19.0 Å². The molecule has 0 unspecified atom stereocenters. The molecular formula is C65H78N4O4S2Si. The van der Waals surface area contributed by atoms with Crippen molar-refractivity contribution in [3.8, 4) is 45.5 Å². The molecule has 0 aliphatic carbocycles. The van der Waals surface area contributed by atoms with E-state index in [9.17, 15) is 5.11 Å². The Morgan fingerprint density at radius 2 is 0.961 bits per heavy atom. The Hall–Kier alpha value is -5.56. The van der Waals surface area contributed by atoms with Crippen LogP contribution in [0.5, 0.6) is 23.0 Å². The van der Waals surface area contributed by atoms with E-state index >= 15 is 0 Å². The fourth-order valence-corrected chi connectivity index (χ4v) is 14.3. The van der Waals surface area contributed by atoms with E-state index in [1.807, 2.05) is 35.7 Å². The van der Waals surface area contributed by atoms with Crippen LogP contribution in [-0.2, 0) is 24.6 Å². The Morgan fingerprint density at radius 3 is 1.43 bits per heavy atom. The number of piperidine rings is 2. The van der Waals surface area contributed by atoms with Gasteiger partial charge in [0.25, 0.3) is 0 Å². The van der Waals surface area contributed by atoms with Crippen LogP contribution in [0, 0.1) is 0 Å². The predicted molar refractivity (Wildman–Crippen MR) is 323 cm³/mol. The summed E-state index contributed by atoms with van der Waals surface area (Å²) >= 11 is 3.82. The Morgan fingerprint density at radius 1 is 0.526 bits per heavy atom. The van der Waals surface area contributed by atoms with Gasteiger partial charge >= 0.3 is 0 Å². The van der Waals surface area contributed by atoms with Crippen LogP contribution in [-0.4, -0.2) is 84.8 Å². The zero-order valence-corrected chi connectivity index (χ0v) is 47.3. The highest BCUT2D eigenvalue weighted by Gasteiger charge is 2.39. The summed E-state index contributed by atoms with van der Waals surface area (Å²) in [5, 5.41) is 12.8. The number of benzene rings is 6. The Bertz CT molecular complexity index is 3260. The number of phenolic OH excluding ortho intramolecular Hbond substituents is 1. The molecule has 8 nitrogen and oxygen atoms in total. The largest absolute Gasteiger partial charge is 0.543 e. The van der Waals surface area contributed by atoms with E-state index in [4.69, 9.17) is 13.9 Å². The molecular weight excluding hydrogens is 993 g/mol. The van der Waals surface area contributed by atoms with Gasteiger partial charge in [-0.3, -0.25) is 9.80 Å². The van der Waals surface area contributed by atoms with Crippen LogP contribution in [0.2, 0.25) is 18.1 Å². The van der Waals surface area contributed by atoms with Crippen molar-refractivity contribution in [3.63, 3.8) is 0 Å². The second-order valence-corrected chi connectivity index (χ2v) is 29.2. The molecule has 4 aliphatic heterocycles. The van der Waals surface area contributed by atoms with Crippen LogP contribution in [0.4, 0.5) is 0 Å². The lowest BCUT2D eigenvalue weighted by molar-refractivity contribution is 0.183. The Balaban J connectivity index is 0.000000173. The summed E-state index contributed by atoms with van der Waals surface area (Å²) in [5.74, 6) is 5.11. The van der Waals surface area contributed by atoms with Gasteiger partial charge in [0.2, 0.25) is 8.32 Å². The highest BCUT2D eigenvalue weighted by molar-refractivity contribution is 7.99. The van der Waals surface area contributed by atoms with Gasteiger partial charge in [0.05, 0.1) is 11.4 Å². The van der Waals surface area contributed by atoms with Crippen molar-refractivity contribution in [2.45, 2.75) is 119 Å². The lowest BCUT2D eigenvalue weighted by atomic mass is 10.1. The van der Waals surface area contributed by atoms with Crippen LogP contribution in [0.1, 0.15) is 89.0 Å². The Kier molecular flexibility index (Phi) is 16.7. The topological polar surface area (TPSA) is 64.3 Å². The number of thioether (sulfide) groups is 2. The molecule has 0 radical (unpaired) electrons. The number of nitrogens with zero attached hydrogens (tertiary/aromatic N) is 4. The molecule has 0 amide bonds. The summed E-state index contributed by atoms with van der Waals surface area (Å²) < 4.78 is 23.8. The first-order valence-corrected chi connectivity index (χ1v) is 32.3. The number of likely N-dealkylation sites (tertiary alicyclic amines) is 2. The van der Waals surface area contributed by atoms with Crippen LogP contribution in [0.3, 0.4) is 0 Å². The monoisotopic (exact) mass is 1070 g/mol. The highest BCUT2D eigenvalue weighted by Crippen LogP contribution is 2.49. The standard InChI is InChI=1S/C35H44N2O2SSi.C29H30N2O2S.CH4/c1-35(2,3)41(4,5)39-28-17-18-32-30(23-28)31-25-40-33-12-8-7-11-29(33)34(31)37(32)24-26-13-15-27(16-14-26)38-22-21-36-19-9-6-10-20-36;32-22-10-13-27-25(18-22)26-20-34-28-7-3-2-6-24(28)29(26)31(27)19-21-8-11-23(12-9-21)33-17-16-30-14-4-1-5-15-30;/h7-8,11-18,23H,6,9-10,19-22,24-25H2,1-5H3;2-3,6-13,18,32H,1,4-5,14-17,19-20H2;1H4. The summed E-state index contributed by atoms with van der Waals surface area (Å²) in [7, 11) is -1.93. The first-order chi connectivity index (χ1) is 36.5. The second-order valence-electron chi connectivity index (χ2n) is 22.4. The smallest absolute Gasteiger partial charge is 0.250 e. The van der Waals surface area contributed by atoms with Gasteiger partial charge in [-0.2, -0.15) is 0 Å². The quantitative estimate of drug-likeness (QED) is 0.108. The number of aromatic nitrogens is 2. The predicted octanol–water partition coefficient (Wildman–Crippen LogP) is 16.4. The Labute approximate surface area is 461 Å². The van der Waals surface area contributed by atoms with E-state index in [2.05, 4.69) is 168 Å². The number of rotatable bonds is 14. The van der Waals surface area contributed by atoms with Crippen LogP contribution in [0.25, 0.3) is 44.3 Å². The highest BCUT2D eigenvalue weighted by atomic mass is 32.2. The summed E-state index contributed by atoms with van der Waals surface area (Å²) in [6, 6.07) is 47.3. The third-order valence-corrected chi connectivity index (χ3v) is 22.8. The van der Waals surface area contributed by atoms with Gasteiger partial charge in [-0.25, -0.2) is 0 Å². The normalized spacial score (nSPS) is 15.6. The molecule has 2 saturated heterocycles. The maximum absolute atomic E-state index is 10.2. The lowest BCUT2D eigenvalue weighted by Crippen LogP contribution is -2.43. The van der Waals surface area contributed by atoms with Crippen molar-refractivity contribution in [2.75, 3.05) is 52.5 Å². The molecule has 0 bridgehead atoms. The van der Waals surface area contributed by atoms with Crippen LogP contribution < -0.4 is 13.9 Å². The summed E-state index contributed by atoms with van der Waals surface area (Å²) in [6.07, 6.45) is 8.00. The molecule has 12 rings (SSSR count). The van der Waals surface area contributed by atoms with E-state index in [0.29, 0.717) is 5.75 Å². The molecule has 4 aliphatic rings. The lowest BCUT2D eigenvalue weighted by Gasteiger charge is -2.36. The average Bonchev–Trinajstić information content (AvgIpc) is 3.98. The van der Waals surface area contributed by atoms with E-state index < -0.39 is 8.32 Å². The number of fused-ring (bicyclic) bond motifs is 10. The van der Waals surface area contributed by atoms with Crippen molar-refractivity contribution >= 4 is 53.6 Å². The summed E-state index contributed by atoms with van der Waals surface area (Å²) in [6.45, 7) is 21.5. The number of aromatic hydroxyl groups is 1. The number of hydrogen-bond acceptors (Lipinski definition) is 8. The fraction of sp³-hybridized carbons (Fsp3) is 0.385. The molecule has 6 aromatic carbocycles. The van der Waals surface area contributed by atoms with E-state index in [-0.39, 0.29) is 12.5 Å². The summed E-state index contributed by atoms with van der Waals surface area (Å²) in [5.41, 5.74) is 12.9. The molecule has 2 fully saturated rings. The van der Waals surface area contributed by atoms with Crippen molar-refractivity contribution in [1.82, 2.24) is 18.9 Å². The molecule has 0 spiro atoms. The fourth-order valence-electron chi connectivity index (χ4n) is 11.1. The molecule has 2 aromatic heterocycles. The second kappa shape index (κ2) is 23.6. The van der Waals surface area contributed by atoms with Gasteiger partial charge in [0, 0.05) is 80.4 Å². The van der Waals surface area contributed by atoms with Crippen molar-refractivity contribution in [2.24, 2.45) is 0 Å². The molecule has 0 saturated carbocycles. The van der Waals surface area contributed by atoms with E-state index in [1.165, 1.54) is 136 Å². The minimum atomic E-state index is -1.93. The molecule has 11 heteroatoms. The zero-order valence-electron chi connectivity index (χ0n) is 44.7. The first kappa shape index (κ1) is 53.8. The maximum Gasteiger partial charge on any atom is 0.250 e. The van der Waals surface area contributed by atoms with Gasteiger partial charge < -0.3 is 28.1 Å². The maximum atomic E-state index is 10.2. The number of ether oxygens (including phenoxy) is 2. The van der Waals surface area contributed by atoms with Gasteiger partial charge in [0.15, 0.2) is 0 Å². The molecule has 8 aromatic rings. The molecule has 76 heavy (non-hydrogen) atoms. The average molecular weight is 1070 g/mol. The van der Waals surface area contributed by atoms with Gasteiger partial charge in [-0.05, 0) is 165 Å². The number of hydrogen-bond donors (Lipinski definition) is 1. The van der Waals surface area contributed by atoms with Crippen LogP contribution in [0.15, 0.2) is 143 Å². The molecule has 398 valence electrons. The third-order valence-electron chi connectivity index (χ3n) is 16.3. The molecule has 6 heterocycles. The van der Waals surface area contributed by atoms with Crippen LogP contribution >= 0.6 is 23.5 Å². The molecule has 1 N–H and O–H groups in total. The SMILES string of the molecule is C.CC(C)(C)[Si](C)(C)Oc1ccc2c(c1)c1c(n2Cc2ccc(OCCN3CCCCC3)cc2)-c2ccccc2SC1.Oc1ccc2c(c1)c1c(n2Cc2ccc(OCCN3CCCCC3)cc2)-c2ccccc2SC1. The third kappa shape index (κ3) is 11.8. The summed E-state index contributed by atoms with van der Waals surface area (Å²) in [4.78, 5) is 7.71. The minimum Gasteiger partial charge on any atom is -0.543 e. The van der Waals surface area contributed by atoms with Crippen molar-refractivity contribution in [1.29, 1.82) is 0 Å². The van der Waals surface area contributed by atoms with Gasteiger partial charge in [-0.15, -0.1) is 23.5 Å².